The Bertz CT molecular complexity index is 1300. The minimum atomic E-state index is -0.316. The average Bonchev–Trinajstić information content (AvgIpc) is 3.36. The quantitative estimate of drug-likeness (QED) is 0.357. The van der Waals surface area contributed by atoms with Crippen molar-refractivity contribution in [3.63, 3.8) is 0 Å². The van der Waals surface area contributed by atoms with Crippen molar-refractivity contribution in [1.29, 1.82) is 0 Å². The van der Waals surface area contributed by atoms with Crippen molar-refractivity contribution < 1.29 is 44.0 Å². The van der Waals surface area contributed by atoms with E-state index in [4.69, 9.17) is 0 Å². The number of benzene rings is 4. The van der Waals surface area contributed by atoms with Crippen LogP contribution in [0, 0.1) is 0 Å². The van der Waals surface area contributed by atoms with E-state index in [9.17, 15) is 0 Å². The normalized spacial score (nSPS) is 17.2. The van der Waals surface area contributed by atoms with E-state index >= 15 is 0 Å². The van der Waals surface area contributed by atoms with Gasteiger partial charge in [0, 0.05) is 0 Å². The molecule has 0 aliphatic heterocycles. The maximum absolute atomic E-state index is 2.46. The number of hydrogen-bond acceptors (Lipinski definition) is 0. The molecule has 0 saturated heterocycles. The third kappa shape index (κ3) is 4.62. The van der Waals surface area contributed by atoms with Gasteiger partial charge in [-0.1, -0.05) is 0 Å². The van der Waals surface area contributed by atoms with Gasteiger partial charge in [-0.15, -0.1) is 0 Å². The fourth-order valence-electron chi connectivity index (χ4n) is 5.45. The molecule has 6 rings (SSSR count). The summed E-state index contributed by atoms with van der Waals surface area (Å²) < 4.78 is 1.17. The molecule has 0 radical (unpaired) electrons. The van der Waals surface area contributed by atoms with Gasteiger partial charge in [0.15, 0.2) is 0 Å². The van der Waals surface area contributed by atoms with Gasteiger partial charge in [-0.05, 0) is 0 Å². The zero-order valence-electron chi connectivity index (χ0n) is 19.8. The Kier molecular flexibility index (Phi) is 7.89. The summed E-state index contributed by atoms with van der Waals surface area (Å²) in [5.41, 5.74) is 14.4. The second kappa shape index (κ2) is 10.7. The van der Waals surface area contributed by atoms with Crippen molar-refractivity contribution in [2.75, 3.05) is 0 Å². The van der Waals surface area contributed by atoms with Crippen LogP contribution in [0.15, 0.2) is 108 Å². The first-order valence-electron chi connectivity index (χ1n) is 11.7. The second-order valence-electron chi connectivity index (χ2n) is 9.16. The van der Waals surface area contributed by atoms with Gasteiger partial charge >= 0.3 is 206 Å². The maximum atomic E-state index is 2.46. The molecule has 0 fully saturated rings. The smallest absolute Gasteiger partial charge is 1.00 e. The SMILES string of the molecule is CC1=Cc2c(-c3ccccc3)cccc2[CH]1[Ti+2][CH]1C(C)=Cc2c(-c3ccccc3)cccc21.[Cl-].[Cl-]. The standard InChI is InChI=1S/2C16H13.2ClH.Ti/c2*1-12-10-14-8-5-9-15(16(14)11-12)13-6-3-2-4-7-13;;;/h2*2-11H,1H3;2*1H;/q;;;;+2/p-2. The Morgan fingerprint density at radius 1 is 0.486 bits per heavy atom. The van der Waals surface area contributed by atoms with Crippen molar-refractivity contribution in [2.24, 2.45) is 0 Å². The summed E-state index contributed by atoms with van der Waals surface area (Å²) in [4.78, 5) is 0. The predicted molar refractivity (Wildman–Crippen MR) is 137 cm³/mol. The van der Waals surface area contributed by atoms with Crippen LogP contribution in [-0.4, -0.2) is 0 Å². The molecule has 3 heteroatoms. The molecule has 2 aliphatic rings. The van der Waals surface area contributed by atoms with Gasteiger partial charge in [-0.3, -0.25) is 0 Å². The van der Waals surface area contributed by atoms with Crippen molar-refractivity contribution in [3.8, 4) is 22.3 Å². The number of halogens is 2. The molecule has 0 heterocycles. The summed E-state index contributed by atoms with van der Waals surface area (Å²) >= 11 is -0.316. The molecule has 0 bridgehead atoms. The summed E-state index contributed by atoms with van der Waals surface area (Å²) in [7, 11) is 0. The zero-order valence-corrected chi connectivity index (χ0v) is 22.9. The summed E-state index contributed by atoms with van der Waals surface area (Å²) in [6, 6.07) is 35.5. The third-order valence-electron chi connectivity index (χ3n) is 7.06. The van der Waals surface area contributed by atoms with Gasteiger partial charge in [-0.25, -0.2) is 0 Å². The molecule has 2 aliphatic carbocycles. The Balaban J connectivity index is 0.00000144. The van der Waals surface area contributed by atoms with Gasteiger partial charge in [0.25, 0.3) is 0 Å². The molecule has 35 heavy (non-hydrogen) atoms. The van der Waals surface area contributed by atoms with Crippen molar-refractivity contribution in [3.05, 3.63) is 130 Å². The van der Waals surface area contributed by atoms with Crippen molar-refractivity contribution in [1.82, 2.24) is 0 Å². The van der Waals surface area contributed by atoms with E-state index in [1.165, 1.54) is 55.7 Å². The molecule has 0 saturated carbocycles. The summed E-state index contributed by atoms with van der Waals surface area (Å²) in [6.45, 7) is 4.69. The van der Waals surface area contributed by atoms with Crippen LogP contribution < -0.4 is 24.8 Å². The van der Waals surface area contributed by atoms with E-state index in [0.717, 1.165) is 0 Å². The minimum Gasteiger partial charge on any atom is -1.00 e. The summed E-state index contributed by atoms with van der Waals surface area (Å²) in [5.74, 6) is 0. The number of hydrogen-bond donors (Lipinski definition) is 0. The molecule has 0 N–H and O–H groups in total. The van der Waals surface area contributed by atoms with Gasteiger partial charge < -0.3 is 24.8 Å². The molecule has 4 aromatic rings. The largest absolute Gasteiger partial charge is 1.00 e. The van der Waals surface area contributed by atoms with E-state index in [0.29, 0.717) is 8.45 Å². The van der Waals surface area contributed by atoms with Gasteiger partial charge in [-0.2, -0.15) is 0 Å². The molecular weight excluding hydrogens is 503 g/mol. The maximum Gasteiger partial charge on any atom is -1.00 e. The monoisotopic (exact) mass is 528 g/mol. The Morgan fingerprint density at radius 2 is 0.886 bits per heavy atom. The fourth-order valence-corrected chi connectivity index (χ4v) is 8.40. The van der Waals surface area contributed by atoms with Crippen LogP contribution in [0.4, 0.5) is 0 Å². The first-order chi connectivity index (χ1) is 16.2. The molecule has 0 spiro atoms. The van der Waals surface area contributed by atoms with Crippen LogP contribution in [0.5, 0.6) is 0 Å². The van der Waals surface area contributed by atoms with Crippen LogP contribution >= 0.6 is 0 Å². The third-order valence-corrected chi connectivity index (χ3v) is 10.5. The summed E-state index contributed by atoms with van der Waals surface area (Å²) in [6.07, 6.45) is 4.92. The number of allylic oxidation sites excluding steroid dienone is 2. The van der Waals surface area contributed by atoms with Crippen molar-refractivity contribution in [2.45, 2.75) is 22.3 Å². The Hall–Kier alpha value is -2.35. The molecule has 0 aromatic heterocycles. The molecule has 2 atom stereocenters. The van der Waals surface area contributed by atoms with E-state index in [-0.39, 0.29) is 44.0 Å². The molecular formula is C32H26Cl2Ti. The van der Waals surface area contributed by atoms with E-state index in [1.54, 1.807) is 0 Å². The predicted octanol–water partition coefficient (Wildman–Crippen LogP) is 2.73. The fraction of sp³-hybridized carbons (Fsp3) is 0.125. The van der Waals surface area contributed by atoms with Gasteiger partial charge in [0.2, 0.25) is 0 Å². The molecule has 0 nitrogen and oxygen atoms in total. The van der Waals surface area contributed by atoms with E-state index in [1.807, 2.05) is 0 Å². The summed E-state index contributed by atoms with van der Waals surface area (Å²) in [5, 5.41) is 0. The minimum absolute atomic E-state index is 0. The average molecular weight is 529 g/mol. The van der Waals surface area contributed by atoms with Crippen molar-refractivity contribution >= 4 is 12.2 Å². The Morgan fingerprint density at radius 3 is 1.29 bits per heavy atom. The molecule has 172 valence electrons. The molecule has 0 amide bonds. The number of fused-ring (bicyclic) bond motifs is 2. The van der Waals surface area contributed by atoms with E-state index in [2.05, 4.69) is 123 Å². The van der Waals surface area contributed by atoms with Gasteiger partial charge in [0.1, 0.15) is 0 Å². The van der Waals surface area contributed by atoms with Crippen LogP contribution in [-0.2, 0) is 19.2 Å². The van der Waals surface area contributed by atoms with Crippen LogP contribution in [0.3, 0.4) is 0 Å². The second-order valence-corrected chi connectivity index (χ2v) is 11.5. The zero-order chi connectivity index (χ0) is 22.4. The number of rotatable bonds is 4. The van der Waals surface area contributed by atoms with Crippen LogP contribution in [0.1, 0.15) is 44.5 Å². The first kappa shape index (κ1) is 25.7. The Labute approximate surface area is 229 Å². The topological polar surface area (TPSA) is 0 Å². The van der Waals surface area contributed by atoms with Crippen LogP contribution in [0.2, 0.25) is 0 Å². The van der Waals surface area contributed by atoms with Crippen LogP contribution in [0.25, 0.3) is 34.4 Å². The molecule has 4 aromatic carbocycles. The molecule has 2 unspecified atom stereocenters. The van der Waals surface area contributed by atoms with E-state index < -0.39 is 0 Å². The first-order valence-corrected chi connectivity index (χ1v) is 13.5. The van der Waals surface area contributed by atoms with Gasteiger partial charge in [0.05, 0.1) is 0 Å².